The van der Waals surface area contributed by atoms with Crippen LogP contribution >= 0.6 is 15.9 Å². The Bertz CT molecular complexity index is 537. The predicted molar refractivity (Wildman–Crippen MR) is 52.5 cm³/mol. The third-order valence-corrected chi connectivity index (χ3v) is 1.82. The van der Waals surface area contributed by atoms with E-state index in [9.17, 15) is 0 Å². The van der Waals surface area contributed by atoms with E-state index in [1.54, 1.807) is 0 Å². The highest BCUT2D eigenvalue weighted by molar-refractivity contribution is 9.10. The lowest BCUT2D eigenvalue weighted by Gasteiger charge is -2.21. The Labute approximate surface area is 95.5 Å². The Kier molecular flexibility index (Phi) is 1.26. The van der Waals surface area contributed by atoms with E-state index in [0.29, 0.717) is 0 Å². The minimum absolute atomic E-state index is 0.0850. The molecule has 2 heterocycles. The summed E-state index contributed by atoms with van der Waals surface area (Å²) in [7, 11) is 0. The van der Waals surface area contributed by atoms with Crippen molar-refractivity contribution in [3.63, 3.8) is 0 Å². The van der Waals surface area contributed by atoms with Gasteiger partial charge in [0, 0.05) is 37.8 Å². The number of nitrogens with zero attached hydrogens (tertiary/aromatic N) is 2. The molecule has 70 valence electrons. The molecule has 0 bridgehead atoms. The lowest BCUT2D eigenvalue weighted by molar-refractivity contribution is 0.0844. The molecule has 1 saturated heterocycles. The Morgan fingerprint density at radius 2 is 2.46 bits per heavy atom. The Morgan fingerprint density at radius 3 is 3.23 bits per heavy atom. The second-order valence-corrected chi connectivity index (χ2v) is 3.01. The van der Waals surface area contributed by atoms with Gasteiger partial charge < -0.3 is 4.74 Å². The van der Waals surface area contributed by atoms with Gasteiger partial charge in [0.2, 0.25) is 0 Å². The first-order valence-corrected chi connectivity index (χ1v) is 4.41. The summed E-state index contributed by atoms with van der Waals surface area (Å²) in [5.74, 6) is -2.46. The summed E-state index contributed by atoms with van der Waals surface area (Å²) in [6.45, 7) is -0.963. The van der Waals surface area contributed by atoms with Crippen molar-refractivity contribution in [2.24, 2.45) is 0 Å². The van der Waals surface area contributed by atoms with Crippen LogP contribution in [-0.2, 0) is 4.74 Å². The molecule has 0 spiro atoms. The summed E-state index contributed by atoms with van der Waals surface area (Å²) >= 11 is 2.93. The van der Waals surface area contributed by atoms with Crippen molar-refractivity contribution in [1.82, 2.24) is 9.97 Å². The normalized spacial score (nSPS) is 36.8. The van der Waals surface area contributed by atoms with E-state index in [-0.39, 0.29) is 4.73 Å². The van der Waals surface area contributed by atoms with Gasteiger partial charge in [-0.3, -0.25) is 0 Å². The fraction of sp³-hybridized carbons (Fsp3) is 0.556. The highest BCUT2D eigenvalue weighted by atomic mass is 79.9. The summed E-state index contributed by atoms with van der Waals surface area (Å²) in [4.78, 5) is 7.38. The topological polar surface area (TPSA) is 35.0 Å². The minimum Gasteiger partial charge on any atom is -0.381 e. The van der Waals surface area contributed by atoms with Gasteiger partial charge in [-0.05, 0) is 34.7 Å². The van der Waals surface area contributed by atoms with Crippen LogP contribution in [0.1, 0.15) is 33.9 Å². The first-order valence-electron chi connectivity index (χ1n) is 7.12. The molecule has 1 aromatic heterocycles. The summed E-state index contributed by atoms with van der Waals surface area (Å²) in [5, 5.41) is 0. The quantitative estimate of drug-likeness (QED) is 0.716. The van der Waals surface area contributed by atoms with Gasteiger partial charge >= 0.3 is 0 Å². The average Bonchev–Trinajstić information content (AvgIpc) is 2.30. The van der Waals surface area contributed by atoms with E-state index >= 15 is 0 Å². The molecule has 1 aliphatic heterocycles. The number of rotatable bonds is 1. The van der Waals surface area contributed by atoms with Crippen LogP contribution in [0.3, 0.4) is 0 Å². The Morgan fingerprint density at radius 1 is 1.69 bits per heavy atom. The van der Waals surface area contributed by atoms with Crippen molar-refractivity contribution in [3.8, 4) is 0 Å². The van der Waals surface area contributed by atoms with Gasteiger partial charge in [0.1, 0.15) is 0 Å². The van der Waals surface area contributed by atoms with Crippen LogP contribution in [0.5, 0.6) is 0 Å². The van der Waals surface area contributed by atoms with E-state index in [0.717, 1.165) is 0 Å². The van der Waals surface area contributed by atoms with E-state index < -0.39 is 49.8 Å². The van der Waals surface area contributed by atoms with Gasteiger partial charge in [-0.2, -0.15) is 0 Å². The van der Waals surface area contributed by atoms with Gasteiger partial charge in [0.15, 0.2) is 4.73 Å². The van der Waals surface area contributed by atoms with Crippen LogP contribution in [-0.4, -0.2) is 23.2 Å². The van der Waals surface area contributed by atoms with E-state index in [4.69, 9.17) is 14.3 Å². The molecule has 0 aliphatic carbocycles. The molecule has 2 rings (SSSR count). The van der Waals surface area contributed by atoms with Crippen LogP contribution in [0.4, 0.5) is 0 Å². The van der Waals surface area contributed by atoms with Gasteiger partial charge in [-0.15, -0.1) is 0 Å². The minimum atomic E-state index is -2.46. The molecular weight excluding hydrogens is 232 g/mol. The molecule has 0 atom stereocenters. The molecular formula is C9H11BrN2O. The smallest absolute Gasteiger partial charge is 0.196 e. The molecule has 1 aromatic rings. The highest BCUT2D eigenvalue weighted by Crippen LogP contribution is 2.25. The molecule has 1 fully saturated rings. The van der Waals surface area contributed by atoms with Crippen molar-refractivity contribution < 1.29 is 14.3 Å². The van der Waals surface area contributed by atoms with E-state index in [1.807, 2.05) is 0 Å². The second kappa shape index (κ2) is 4.15. The maximum Gasteiger partial charge on any atom is 0.196 e. The monoisotopic (exact) mass is 249 g/mol. The fourth-order valence-corrected chi connectivity index (χ4v) is 1.18. The Hall–Kier alpha value is -0.480. The van der Waals surface area contributed by atoms with Crippen molar-refractivity contribution in [1.29, 1.82) is 0 Å². The van der Waals surface area contributed by atoms with Crippen LogP contribution < -0.4 is 0 Å². The zero-order chi connectivity index (χ0) is 15.3. The van der Waals surface area contributed by atoms with Gasteiger partial charge in [-0.1, -0.05) is 0 Å². The zero-order valence-corrected chi connectivity index (χ0v) is 8.18. The van der Waals surface area contributed by atoms with E-state index in [1.165, 1.54) is 0 Å². The summed E-state index contributed by atoms with van der Waals surface area (Å²) in [5.41, 5.74) is -0.456. The van der Waals surface area contributed by atoms with Crippen molar-refractivity contribution in [3.05, 3.63) is 22.6 Å². The number of ether oxygens (including phenoxy) is 1. The third kappa shape index (κ3) is 2.25. The number of aromatic nitrogens is 2. The summed E-state index contributed by atoms with van der Waals surface area (Å²) in [6.07, 6.45) is -5.29. The molecule has 0 aromatic carbocycles. The lowest BCUT2D eigenvalue weighted by Crippen LogP contribution is -2.15. The maximum absolute atomic E-state index is 8.36. The van der Waals surface area contributed by atoms with Gasteiger partial charge in [-0.25, -0.2) is 9.97 Å². The van der Waals surface area contributed by atoms with Gasteiger partial charge in [0.25, 0.3) is 0 Å². The third-order valence-electron chi connectivity index (χ3n) is 1.47. The number of halogens is 1. The number of hydrogen-bond acceptors (Lipinski definition) is 3. The molecule has 0 radical (unpaired) electrons. The van der Waals surface area contributed by atoms with Crippen molar-refractivity contribution in [2.45, 2.75) is 18.6 Å². The standard InChI is InChI=1S/C9H11BrN2O/c10-9-11-4-1-8(12-9)7-2-5-13-6-3-7/h1,4,7H,2-3,5-6H2/i1D,2D2,3D2,4D,7D. The first-order chi connectivity index (χ1) is 9.03. The molecule has 4 heteroatoms. The predicted octanol–water partition coefficient (Wildman–Crippen LogP) is 2.13. The summed E-state index contributed by atoms with van der Waals surface area (Å²) < 4.78 is 60.1. The zero-order valence-electron chi connectivity index (χ0n) is 13.6. The molecule has 3 nitrogen and oxygen atoms in total. The molecule has 0 amide bonds. The first kappa shape index (κ1) is 3.95. The van der Waals surface area contributed by atoms with Crippen LogP contribution in [0, 0.1) is 0 Å². The van der Waals surface area contributed by atoms with Crippen LogP contribution in [0.2, 0.25) is 0 Å². The molecule has 1 aliphatic rings. The Balaban J connectivity index is 2.74. The molecule has 0 unspecified atom stereocenters. The van der Waals surface area contributed by atoms with Crippen LogP contribution in [0.25, 0.3) is 0 Å². The lowest BCUT2D eigenvalue weighted by atomic mass is 9.96. The largest absolute Gasteiger partial charge is 0.381 e. The fourth-order valence-electron chi connectivity index (χ4n) is 0.918. The van der Waals surface area contributed by atoms with Crippen molar-refractivity contribution in [2.75, 3.05) is 13.2 Å². The van der Waals surface area contributed by atoms with Gasteiger partial charge in [0.05, 0.1) is 2.74 Å². The summed E-state index contributed by atoms with van der Waals surface area (Å²) in [6, 6.07) is -0.558. The molecule has 13 heavy (non-hydrogen) atoms. The van der Waals surface area contributed by atoms with Crippen LogP contribution in [0.15, 0.2) is 16.9 Å². The number of hydrogen-bond donors (Lipinski definition) is 0. The van der Waals surface area contributed by atoms with Crippen molar-refractivity contribution >= 4 is 15.9 Å². The van der Waals surface area contributed by atoms with E-state index in [2.05, 4.69) is 25.9 Å². The average molecular weight is 250 g/mol. The molecule has 0 saturated carbocycles. The SMILES string of the molecule is [2H]c1nc(Br)nc(C2([2H])C([2H])([2H])COCC2([2H])[2H])c1[2H]. The highest BCUT2D eigenvalue weighted by Gasteiger charge is 2.17. The molecule has 0 N–H and O–H groups in total. The second-order valence-electron chi connectivity index (χ2n) is 2.30. The maximum atomic E-state index is 8.36.